The van der Waals surface area contributed by atoms with Gasteiger partial charge in [0.1, 0.15) is 11.6 Å². The number of para-hydroxylation sites is 1. The van der Waals surface area contributed by atoms with E-state index in [4.69, 9.17) is 9.47 Å². The number of hydrogen-bond acceptors (Lipinski definition) is 4. The largest absolute Gasteiger partial charge is 0.492 e. The molecule has 0 saturated carbocycles. The maximum atomic E-state index is 12.7. The number of methoxy groups -OCH3 is 1. The number of carbonyl (C=O) groups is 1. The van der Waals surface area contributed by atoms with E-state index in [0.29, 0.717) is 23.7 Å². The number of carbonyl (C=O) groups excluding carboxylic acids is 1. The first-order chi connectivity index (χ1) is 12.9. The van der Waals surface area contributed by atoms with Crippen LogP contribution in [0.1, 0.15) is 29.2 Å². The lowest BCUT2D eigenvalue weighted by Crippen LogP contribution is -2.15. The second kappa shape index (κ2) is 8.91. The zero-order valence-electron chi connectivity index (χ0n) is 16.3. The fourth-order valence-corrected chi connectivity index (χ4v) is 3.00. The number of nitriles is 1. The normalized spacial score (nSPS) is 10.9. The van der Waals surface area contributed by atoms with Crippen molar-refractivity contribution in [3.05, 3.63) is 58.2 Å². The quantitative estimate of drug-likeness (QED) is 0.602. The predicted molar refractivity (Wildman–Crippen MR) is 107 cm³/mol. The molecule has 0 bridgehead atoms. The highest BCUT2D eigenvalue weighted by atomic mass is 16.5. The molecule has 0 atom stereocenters. The molecule has 0 aliphatic rings. The average molecular weight is 364 g/mol. The van der Waals surface area contributed by atoms with Crippen LogP contribution >= 0.6 is 0 Å². The molecule has 2 rings (SSSR count). The van der Waals surface area contributed by atoms with E-state index in [1.165, 1.54) is 13.2 Å². The van der Waals surface area contributed by atoms with Gasteiger partial charge in [0.2, 0.25) is 0 Å². The smallest absolute Gasteiger partial charge is 0.266 e. The third kappa shape index (κ3) is 4.68. The third-order valence-electron chi connectivity index (χ3n) is 4.09. The van der Waals surface area contributed by atoms with E-state index in [1.807, 2.05) is 45.9 Å². The monoisotopic (exact) mass is 364 g/mol. The van der Waals surface area contributed by atoms with E-state index >= 15 is 0 Å². The summed E-state index contributed by atoms with van der Waals surface area (Å²) in [5, 5.41) is 12.4. The van der Waals surface area contributed by atoms with Gasteiger partial charge in [-0.05, 0) is 51.0 Å². The lowest BCUT2D eigenvalue weighted by molar-refractivity contribution is -0.112. The van der Waals surface area contributed by atoms with Gasteiger partial charge < -0.3 is 14.8 Å². The topological polar surface area (TPSA) is 71.3 Å². The Balaban J connectivity index is 2.39. The first-order valence-corrected chi connectivity index (χ1v) is 8.72. The molecule has 0 aliphatic carbocycles. The van der Waals surface area contributed by atoms with Gasteiger partial charge in [0.15, 0.2) is 11.5 Å². The fraction of sp³-hybridized carbons (Fsp3) is 0.273. The van der Waals surface area contributed by atoms with E-state index < -0.39 is 5.91 Å². The first-order valence-electron chi connectivity index (χ1n) is 8.72. The Morgan fingerprint density at radius 2 is 1.89 bits per heavy atom. The summed E-state index contributed by atoms with van der Waals surface area (Å²) < 4.78 is 11.0. The van der Waals surface area contributed by atoms with Crippen LogP contribution < -0.4 is 14.8 Å². The van der Waals surface area contributed by atoms with Gasteiger partial charge in [-0.2, -0.15) is 5.26 Å². The SMILES string of the molecule is CCOc1cccc(/C=C(\C#N)C(=O)Nc2c(C)cc(C)cc2C)c1OC. The summed E-state index contributed by atoms with van der Waals surface area (Å²) in [6.07, 6.45) is 1.51. The zero-order chi connectivity index (χ0) is 20.0. The van der Waals surface area contributed by atoms with Gasteiger partial charge in [-0.15, -0.1) is 0 Å². The van der Waals surface area contributed by atoms with Crippen molar-refractivity contribution in [1.29, 1.82) is 5.26 Å². The van der Waals surface area contributed by atoms with Crippen molar-refractivity contribution in [2.45, 2.75) is 27.7 Å². The molecule has 0 aromatic heterocycles. The Morgan fingerprint density at radius 1 is 1.22 bits per heavy atom. The minimum absolute atomic E-state index is 0.0127. The van der Waals surface area contributed by atoms with E-state index in [-0.39, 0.29) is 5.57 Å². The number of benzene rings is 2. The maximum Gasteiger partial charge on any atom is 0.266 e. The molecule has 0 unspecified atom stereocenters. The summed E-state index contributed by atoms with van der Waals surface area (Å²) in [4.78, 5) is 12.7. The molecule has 0 saturated heterocycles. The van der Waals surface area contributed by atoms with Gasteiger partial charge in [-0.3, -0.25) is 4.79 Å². The van der Waals surface area contributed by atoms with Gasteiger partial charge in [0, 0.05) is 11.3 Å². The minimum Gasteiger partial charge on any atom is -0.492 e. The summed E-state index contributed by atoms with van der Waals surface area (Å²) in [6, 6.07) is 11.3. The molecule has 1 amide bonds. The van der Waals surface area contributed by atoms with Crippen LogP contribution in [0.15, 0.2) is 35.9 Å². The van der Waals surface area contributed by atoms with Crippen LogP contribution in [-0.2, 0) is 4.79 Å². The van der Waals surface area contributed by atoms with Gasteiger partial charge in [-0.25, -0.2) is 0 Å². The summed E-state index contributed by atoms with van der Waals surface area (Å²) in [5.41, 5.74) is 4.34. The van der Waals surface area contributed by atoms with E-state index in [0.717, 1.165) is 22.4 Å². The van der Waals surface area contributed by atoms with Crippen LogP contribution in [0.3, 0.4) is 0 Å². The highest BCUT2D eigenvalue weighted by Gasteiger charge is 2.15. The van der Waals surface area contributed by atoms with Crippen LogP contribution in [0.4, 0.5) is 5.69 Å². The average Bonchev–Trinajstić information content (AvgIpc) is 2.62. The molecule has 0 aliphatic heterocycles. The van der Waals surface area contributed by atoms with E-state index in [2.05, 4.69) is 5.32 Å². The predicted octanol–water partition coefficient (Wildman–Crippen LogP) is 4.56. The number of nitrogens with one attached hydrogen (secondary N) is 1. The molecular weight excluding hydrogens is 340 g/mol. The molecular formula is C22H24N2O3. The second-order valence-electron chi connectivity index (χ2n) is 6.21. The van der Waals surface area contributed by atoms with Crippen LogP contribution in [0.25, 0.3) is 6.08 Å². The molecule has 1 N–H and O–H groups in total. The highest BCUT2D eigenvalue weighted by molar-refractivity contribution is 6.10. The van der Waals surface area contributed by atoms with Crippen molar-refractivity contribution in [3.63, 3.8) is 0 Å². The molecule has 5 nitrogen and oxygen atoms in total. The lowest BCUT2D eigenvalue weighted by Gasteiger charge is -2.13. The lowest BCUT2D eigenvalue weighted by atomic mass is 10.0. The van der Waals surface area contributed by atoms with Crippen molar-refractivity contribution in [2.24, 2.45) is 0 Å². The molecule has 2 aromatic rings. The van der Waals surface area contributed by atoms with Crippen molar-refractivity contribution in [2.75, 3.05) is 19.0 Å². The molecule has 0 heterocycles. The number of nitrogens with zero attached hydrogens (tertiary/aromatic N) is 1. The van der Waals surface area contributed by atoms with Crippen molar-refractivity contribution < 1.29 is 14.3 Å². The van der Waals surface area contributed by atoms with Gasteiger partial charge >= 0.3 is 0 Å². The molecule has 0 fully saturated rings. The summed E-state index contributed by atoms with van der Waals surface area (Å²) in [6.45, 7) is 8.23. The molecule has 140 valence electrons. The second-order valence-corrected chi connectivity index (χ2v) is 6.21. The molecule has 0 radical (unpaired) electrons. The minimum atomic E-state index is -0.462. The number of ether oxygens (including phenoxy) is 2. The fourth-order valence-electron chi connectivity index (χ4n) is 3.00. The molecule has 5 heteroatoms. The third-order valence-corrected chi connectivity index (χ3v) is 4.09. The van der Waals surface area contributed by atoms with E-state index in [9.17, 15) is 10.1 Å². The number of rotatable bonds is 6. The van der Waals surface area contributed by atoms with Crippen molar-refractivity contribution in [1.82, 2.24) is 0 Å². The Hall–Kier alpha value is -3.26. The Bertz CT molecular complexity index is 901. The summed E-state index contributed by atoms with van der Waals surface area (Å²) >= 11 is 0. The van der Waals surface area contributed by atoms with Gasteiger partial charge in [0.25, 0.3) is 5.91 Å². The summed E-state index contributed by atoms with van der Waals surface area (Å²) in [7, 11) is 1.53. The van der Waals surface area contributed by atoms with Gasteiger partial charge in [-0.1, -0.05) is 29.8 Å². The van der Waals surface area contributed by atoms with Crippen molar-refractivity contribution in [3.8, 4) is 17.6 Å². The highest BCUT2D eigenvalue weighted by Crippen LogP contribution is 2.32. The number of aryl methyl sites for hydroxylation is 3. The number of amides is 1. The first kappa shape index (κ1) is 20.1. The standard InChI is InChI=1S/C22H24N2O3/c1-6-27-19-9-7-8-17(21(19)26-5)12-18(13-23)22(25)24-20-15(3)10-14(2)11-16(20)4/h7-12H,6H2,1-5H3,(H,24,25)/b18-12+. The maximum absolute atomic E-state index is 12.7. The van der Waals surface area contributed by atoms with Crippen LogP contribution in [0.2, 0.25) is 0 Å². The zero-order valence-corrected chi connectivity index (χ0v) is 16.3. The van der Waals surface area contributed by atoms with Crippen LogP contribution in [-0.4, -0.2) is 19.6 Å². The van der Waals surface area contributed by atoms with Crippen molar-refractivity contribution >= 4 is 17.7 Å². The molecule has 0 spiro atoms. The van der Waals surface area contributed by atoms with Gasteiger partial charge in [0.05, 0.1) is 13.7 Å². The Kier molecular flexibility index (Phi) is 6.62. The number of anilines is 1. The molecule has 2 aromatic carbocycles. The Labute approximate surface area is 160 Å². The Morgan fingerprint density at radius 3 is 2.44 bits per heavy atom. The molecule has 27 heavy (non-hydrogen) atoms. The summed E-state index contributed by atoms with van der Waals surface area (Å²) in [5.74, 6) is 0.593. The van der Waals surface area contributed by atoms with Crippen LogP contribution in [0.5, 0.6) is 11.5 Å². The number of hydrogen-bond donors (Lipinski definition) is 1. The van der Waals surface area contributed by atoms with E-state index in [1.54, 1.807) is 18.2 Å². The van der Waals surface area contributed by atoms with Crippen LogP contribution in [0, 0.1) is 32.1 Å².